The SMILES string of the molecule is COc1cc2nc(-c3ccn(C)n3)nc(Cl)c2cc1OC. The molecule has 2 aromatic heterocycles. The van der Waals surface area contributed by atoms with Crippen molar-refractivity contribution in [1.82, 2.24) is 19.7 Å². The zero-order valence-corrected chi connectivity index (χ0v) is 12.5. The van der Waals surface area contributed by atoms with Crippen LogP contribution in [0.1, 0.15) is 0 Å². The molecule has 0 saturated heterocycles. The molecule has 3 aromatic rings. The van der Waals surface area contributed by atoms with Gasteiger partial charge in [0.05, 0.1) is 19.7 Å². The molecule has 3 rings (SSSR count). The first-order chi connectivity index (χ1) is 10.1. The predicted molar refractivity (Wildman–Crippen MR) is 79.9 cm³/mol. The van der Waals surface area contributed by atoms with Gasteiger partial charge in [0.25, 0.3) is 0 Å². The van der Waals surface area contributed by atoms with Crippen molar-refractivity contribution in [2.24, 2.45) is 7.05 Å². The van der Waals surface area contributed by atoms with Gasteiger partial charge in [-0.25, -0.2) is 9.97 Å². The second kappa shape index (κ2) is 5.21. The number of aromatic nitrogens is 4. The van der Waals surface area contributed by atoms with Crippen molar-refractivity contribution in [3.8, 4) is 23.0 Å². The van der Waals surface area contributed by atoms with E-state index in [1.54, 1.807) is 31.0 Å². The van der Waals surface area contributed by atoms with Crippen LogP contribution in [0.25, 0.3) is 22.4 Å². The lowest BCUT2D eigenvalue weighted by Crippen LogP contribution is -1.96. The zero-order valence-electron chi connectivity index (χ0n) is 11.8. The standard InChI is InChI=1S/C14H13ClN4O2/c1-19-5-4-9(18-19)14-16-10-7-12(21-3)11(20-2)6-8(10)13(15)17-14/h4-7H,1-3H3. The summed E-state index contributed by atoms with van der Waals surface area (Å²) in [6.07, 6.45) is 1.82. The summed E-state index contributed by atoms with van der Waals surface area (Å²) in [7, 11) is 4.98. The highest BCUT2D eigenvalue weighted by Crippen LogP contribution is 2.34. The first-order valence-electron chi connectivity index (χ1n) is 6.21. The van der Waals surface area contributed by atoms with Crippen LogP contribution in [-0.2, 0) is 7.05 Å². The summed E-state index contributed by atoms with van der Waals surface area (Å²) in [5.41, 5.74) is 1.34. The van der Waals surface area contributed by atoms with E-state index < -0.39 is 0 Å². The van der Waals surface area contributed by atoms with Gasteiger partial charge in [-0.15, -0.1) is 0 Å². The number of ether oxygens (including phenoxy) is 2. The van der Waals surface area contributed by atoms with Gasteiger partial charge in [0.2, 0.25) is 0 Å². The fourth-order valence-electron chi connectivity index (χ4n) is 2.07. The summed E-state index contributed by atoms with van der Waals surface area (Å²) < 4.78 is 12.2. The minimum absolute atomic E-state index is 0.349. The molecule has 0 aliphatic carbocycles. The van der Waals surface area contributed by atoms with E-state index in [1.807, 2.05) is 19.3 Å². The monoisotopic (exact) mass is 304 g/mol. The van der Waals surface area contributed by atoms with Crippen molar-refractivity contribution in [3.05, 3.63) is 29.5 Å². The summed E-state index contributed by atoms with van der Waals surface area (Å²) in [4.78, 5) is 8.79. The van der Waals surface area contributed by atoms with Crippen molar-refractivity contribution < 1.29 is 9.47 Å². The second-order valence-electron chi connectivity index (χ2n) is 4.44. The largest absolute Gasteiger partial charge is 0.493 e. The molecule has 1 aromatic carbocycles. The third-order valence-corrected chi connectivity index (χ3v) is 3.39. The Morgan fingerprint density at radius 3 is 2.43 bits per heavy atom. The lowest BCUT2D eigenvalue weighted by atomic mass is 10.2. The van der Waals surface area contributed by atoms with Gasteiger partial charge in [0.1, 0.15) is 10.8 Å². The normalized spacial score (nSPS) is 10.9. The highest BCUT2D eigenvalue weighted by atomic mass is 35.5. The Kier molecular flexibility index (Phi) is 3.39. The number of halogens is 1. The maximum absolute atomic E-state index is 6.26. The molecule has 0 unspecified atom stereocenters. The number of hydrogen-bond donors (Lipinski definition) is 0. The van der Waals surface area contributed by atoms with E-state index in [4.69, 9.17) is 21.1 Å². The molecule has 0 saturated carbocycles. The van der Waals surface area contributed by atoms with E-state index in [0.717, 1.165) is 0 Å². The molecule has 0 aliphatic rings. The molecule has 0 bridgehead atoms. The van der Waals surface area contributed by atoms with E-state index in [0.29, 0.717) is 39.1 Å². The number of benzene rings is 1. The predicted octanol–water partition coefficient (Wildman–Crippen LogP) is 2.70. The highest BCUT2D eigenvalue weighted by Gasteiger charge is 2.14. The molecular weight excluding hydrogens is 292 g/mol. The average Bonchev–Trinajstić information content (AvgIpc) is 2.92. The number of methoxy groups -OCH3 is 2. The smallest absolute Gasteiger partial charge is 0.182 e. The topological polar surface area (TPSA) is 62.1 Å². The van der Waals surface area contributed by atoms with Crippen molar-refractivity contribution in [1.29, 1.82) is 0 Å². The van der Waals surface area contributed by atoms with Crippen LogP contribution >= 0.6 is 11.6 Å². The Hall–Kier alpha value is -2.34. The third-order valence-electron chi connectivity index (χ3n) is 3.10. The Labute approximate surface area is 126 Å². The Morgan fingerprint density at radius 1 is 1.10 bits per heavy atom. The molecule has 0 spiro atoms. The molecule has 0 atom stereocenters. The molecule has 6 nitrogen and oxygen atoms in total. The Bertz CT molecular complexity index is 816. The molecule has 0 N–H and O–H groups in total. The summed E-state index contributed by atoms with van der Waals surface area (Å²) in [5, 5.41) is 5.33. The van der Waals surface area contributed by atoms with Crippen LogP contribution < -0.4 is 9.47 Å². The van der Waals surface area contributed by atoms with Gasteiger partial charge >= 0.3 is 0 Å². The molecule has 0 amide bonds. The minimum Gasteiger partial charge on any atom is -0.493 e. The van der Waals surface area contributed by atoms with Gasteiger partial charge in [0, 0.05) is 24.7 Å². The third kappa shape index (κ3) is 2.38. The number of rotatable bonds is 3. The van der Waals surface area contributed by atoms with Crippen LogP contribution in [-0.4, -0.2) is 34.0 Å². The van der Waals surface area contributed by atoms with Crippen molar-refractivity contribution in [2.75, 3.05) is 14.2 Å². The lowest BCUT2D eigenvalue weighted by Gasteiger charge is -2.10. The molecule has 0 radical (unpaired) electrons. The van der Waals surface area contributed by atoms with Gasteiger partial charge in [-0.05, 0) is 12.1 Å². The van der Waals surface area contributed by atoms with Gasteiger partial charge in [-0.3, -0.25) is 4.68 Å². The van der Waals surface area contributed by atoms with E-state index in [1.165, 1.54) is 0 Å². The maximum Gasteiger partial charge on any atom is 0.182 e. The summed E-state index contributed by atoms with van der Waals surface area (Å²) in [6, 6.07) is 5.37. The van der Waals surface area contributed by atoms with Crippen LogP contribution in [0.2, 0.25) is 5.15 Å². The van der Waals surface area contributed by atoms with E-state index in [-0.39, 0.29) is 0 Å². The van der Waals surface area contributed by atoms with Crippen LogP contribution in [0.4, 0.5) is 0 Å². The van der Waals surface area contributed by atoms with Crippen molar-refractivity contribution in [2.45, 2.75) is 0 Å². The first-order valence-corrected chi connectivity index (χ1v) is 6.59. The van der Waals surface area contributed by atoms with E-state index in [2.05, 4.69) is 15.1 Å². The maximum atomic E-state index is 6.26. The first kappa shape index (κ1) is 13.6. The molecule has 21 heavy (non-hydrogen) atoms. The fourth-order valence-corrected chi connectivity index (χ4v) is 2.30. The van der Waals surface area contributed by atoms with Gasteiger partial charge in [0.15, 0.2) is 17.3 Å². The molecule has 0 fully saturated rings. The molecule has 0 aliphatic heterocycles. The molecular formula is C14H13ClN4O2. The number of nitrogens with zero attached hydrogens (tertiary/aromatic N) is 4. The number of fused-ring (bicyclic) bond motifs is 1. The van der Waals surface area contributed by atoms with Crippen molar-refractivity contribution in [3.63, 3.8) is 0 Å². The summed E-state index contributed by atoms with van der Waals surface area (Å²) in [5.74, 6) is 1.65. The van der Waals surface area contributed by atoms with Crippen LogP contribution in [0.5, 0.6) is 11.5 Å². The second-order valence-corrected chi connectivity index (χ2v) is 4.80. The van der Waals surface area contributed by atoms with Crippen LogP contribution in [0.15, 0.2) is 24.4 Å². The summed E-state index contributed by atoms with van der Waals surface area (Å²) >= 11 is 6.26. The average molecular weight is 305 g/mol. The van der Waals surface area contributed by atoms with E-state index >= 15 is 0 Å². The van der Waals surface area contributed by atoms with Crippen LogP contribution in [0, 0.1) is 0 Å². The van der Waals surface area contributed by atoms with Crippen LogP contribution in [0.3, 0.4) is 0 Å². The number of aryl methyl sites for hydroxylation is 1. The molecule has 2 heterocycles. The Balaban J connectivity index is 2.23. The fraction of sp³-hybridized carbons (Fsp3) is 0.214. The number of hydrogen-bond acceptors (Lipinski definition) is 5. The van der Waals surface area contributed by atoms with Gasteiger partial charge < -0.3 is 9.47 Å². The van der Waals surface area contributed by atoms with Gasteiger partial charge in [-0.1, -0.05) is 11.6 Å². The highest BCUT2D eigenvalue weighted by molar-refractivity contribution is 6.34. The quantitative estimate of drug-likeness (QED) is 0.696. The Morgan fingerprint density at radius 2 is 1.81 bits per heavy atom. The molecule has 108 valence electrons. The van der Waals surface area contributed by atoms with Gasteiger partial charge in [-0.2, -0.15) is 5.10 Å². The van der Waals surface area contributed by atoms with Crippen molar-refractivity contribution >= 4 is 22.5 Å². The van der Waals surface area contributed by atoms with E-state index in [9.17, 15) is 0 Å². The lowest BCUT2D eigenvalue weighted by molar-refractivity contribution is 0.356. The summed E-state index contributed by atoms with van der Waals surface area (Å²) in [6.45, 7) is 0. The minimum atomic E-state index is 0.349. The zero-order chi connectivity index (χ0) is 15.0. The molecule has 7 heteroatoms.